The van der Waals surface area contributed by atoms with Crippen LogP contribution in [-0.2, 0) is 14.6 Å². The molecule has 2 bridgehead atoms. The van der Waals surface area contributed by atoms with Gasteiger partial charge in [-0.15, -0.1) is 0 Å². The van der Waals surface area contributed by atoms with E-state index in [0.29, 0.717) is 23.7 Å². The number of fused-ring (bicyclic) bond motifs is 3. The number of rotatable bonds is 8. The van der Waals surface area contributed by atoms with E-state index in [1.165, 1.54) is 11.1 Å². The van der Waals surface area contributed by atoms with E-state index in [4.69, 9.17) is 4.74 Å². The summed E-state index contributed by atoms with van der Waals surface area (Å²) in [5.74, 6) is 0.477. The van der Waals surface area contributed by atoms with Crippen LogP contribution in [0.5, 0.6) is 0 Å². The van der Waals surface area contributed by atoms with Crippen molar-refractivity contribution in [3.05, 3.63) is 53.6 Å². The van der Waals surface area contributed by atoms with Crippen molar-refractivity contribution in [3.8, 4) is 0 Å². The van der Waals surface area contributed by atoms with Crippen molar-refractivity contribution < 1.29 is 13.2 Å². The summed E-state index contributed by atoms with van der Waals surface area (Å²) in [6, 6.07) is 9.00. The fraction of sp³-hybridized carbons (Fsp3) is 0.600. The first kappa shape index (κ1) is 22.3. The molecule has 3 aliphatic rings. The zero-order valence-corrected chi connectivity index (χ0v) is 19.2. The Morgan fingerprint density at radius 3 is 2.34 bits per heavy atom. The lowest BCUT2D eigenvalue weighted by atomic mass is 9.60. The Labute approximate surface area is 177 Å². The maximum absolute atomic E-state index is 14.1. The molecule has 0 N–H and O–H groups in total. The van der Waals surface area contributed by atoms with Crippen LogP contribution in [0.4, 0.5) is 0 Å². The van der Waals surface area contributed by atoms with Crippen LogP contribution < -0.4 is 0 Å². The molecule has 0 spiro atoms. The lowest BCUT2D eigenvalue weighted by molar-refractivity contribution is -0.116. The molecule has 3 nitrogen and oxygen atoms in total. The second-order valence-electron chi connectivity index (χ2n) is 9.23. The van der Waals surface area contributed by atoms with Crippen LogP contribution in [0.25, 0.3) is 0 Å². The van der Waals surface area contributed by atoms with Gasteiger partial charge in [0.1, 0.15) is 4.75 Å². The molecule has 4 rings (SSSR count). The molecule has 3 aliphatic carbocycles. The lowest BCUT2D eigenvalue weighted by Gasteiger charge is -2.58. The molecule has 0 heterocycles. The zero-order chi connectivity index (χ0) is 21.1. The molecule has 3 fully saturated rings. The van der Waals surface area contributed by atoms with Gasteiger partial charge in [-0.2, -0.15) is 0 Å². The number of ether oxygens (including phenoxy) is 1. The van der Waals surface area contributed by atoms with Crippen molar-refractivity contribution in [2.45, 2.75) is 87.4 Å². The van der Waals surface area contributed by atoms with Gasteiger partial charge in [-0.25, -0.2) is 8.42 Å². The fourth-order valence-corrected chi connectivity index (χ4v) is 7.94. The number of methoxy groups -OCH3 is 1. The van der Waals surface area contributed by atoms with Gasteiger partial charge in [0.2, 0.25) is 0 Å². The second-order valence-corrected chi connectivity index (χ2v) is 11.5. The van der Waals surface area contributed by atoms with Crippen molar-refractivity contribution in [3.63, 3.8) is 0 Å². The Hall–Kier alpha value is -1.39. The van der Waals surface area contributed by atoms with Crippen LogP contribution in [0.2, 0.25) is 0 Å². The Bertz CT molecular complexity index is 855. The molecule has 0 aliphatic heterocycles. The van der Waals surface area contributed by atoms with Crippen molar-refractivity contribution in [2.24, 2.45) is 5.92 Å². The molecule has 3 saturated carbocycles. The van der Waals surface area contributed by atoms with E-state index in [0.717, 1.165) is 38.5 Å². The molecule has 29 heavy (non-hydrogen) atoms. The van der Waals surface area contributed by atoms with Crippen LogP contribution >= 0.6 is 0 Å². The smallest absolute Gasteiger partial charge is 0.187 e. The summed E-state index contributed by atoms with van der Waals surface area (Å²) in [4.78, 5) is 0.430. The summed E-state index contributed by atoms with van der Waals surface area (Å²) in [6.45, 7) is 6.35. The van der Waals surface area contributed by atoms with Crippen molar-refractivity contribution >= 4 is 9.84 Å². The van der Waals surface area contributed by atoms with Crippen molar-refractivity contribution in [1.29, 1.82) is 0 Å². The number of sulfone groups is 1. The van der Waals surface area contributed by atoms with E-state index in [1.54, 1.807) is 19.2 Å². The average Bonchev–Trinajstić information content (AvgIpc) is 2.73. The standard InChI is InChI=1S/C25H36O3S/c1-20(2)9-8-10-21(3)13-18-25(29(26,27)23-11-6-5-7-12-23)19-22-14-16-24(25,28-4)17-15-22/h5-7,9,11-13,22H,8,10,14-19H2,1-4H3/b21-13+. The fourth-order valence-electron chi connectivity index (χ4n) is 5.43. The largest absolute Gasteiger partial charge is 0.377 e. The minimum atomic E-state index is -3.54. The first-order valence-corrected chi connectivity index (χ1v) is 12.4. The second kappa shape index (κ2) is 8.77. The van der Waals surface area contributed by atoms with E-state index >= 15 is 0 Å². The topological polar surface area (TPSA) is 43.4 Å². The number of hydrogen-bond acceptors (Lipinski definition) is 3. The summed E-state index contributed by atoms with van der Waals surface area (Å²) in [5.41, 5.74) is 1.99. The summed E-state index contributed by atoms with van der Waals surface area (Å²) in [7, 11) is -1.82. The van der Waals surface area contributed by atoms with Crippen molar-refractivity contribution in [1.82, 2.24) is 0 Å². The Morgan fingerprint density at radius 2 is 1.76 bits per heavy atom. The van der Waals surface area contributed by atoms with Crippen LogP contribution in [0.1, 0.15) is 72.1 Å². The minimum absolute atomic E-state index is 0.430. The molecule has 0 amide bonds. The minimum Gasteiger partial charge on any atom is -0.377 e. The number of hydrogen-bond donors (Lipinski definition) is 0. The predicted octanol–water partition coefficient (Wildman–Crippen LogP) is 6.26. The summed E-state index contributed by atoms with van der Waals surface area (Å²) in [6.07, 6.45) is 11.5. The molecule has 0 saturated heterocycles. The molecular weight excluding hydrogens is 380 g/mol. The summed E-state index contributed by atoms with van der Waals surface area (Å²) < 4.78 is 33.4. The third kappa shape index (κ3) is 4.11. The Kier molecular flexibility index (Phi) is 6.74. The average molecular weight is 417 g/mol. The molecular formula is C25H36O3S. The third-order valence-corrected chi connectivity index (χ3v) is 9.82. The highest BCUT2D eigenvalue weighted by atomic mass is 32.2. The first-order valence-electron chi connectivity index (χ1n) is 10.9. The Morgan fingerprint density at radius 1 is 1.10 bits per heavy atom. The third-order valence-electron chi connectivity index (χ3n) is 7.19. The summed E-state index contributed by atoms with van der Waals surface area (Å²) >= 11 is 0. The van der Waals surface area contributed by atoms with Gasteiger partial charge < -0.3 is 4.74 Å². The monoisotopic (exact) mass is 416 g/mol. The van der Waals surface area contributed by atoms with Crippen LogP contribution in [0.3, 0.4) is 0 Å². The van der Waals surface area contributed by atoms with Gasteiger partial charge in [-0.05, 0) is 90.2 Å². The molecule has 0 aromatic heterocycles. The lowest BCUT2D eigenvalue weighted by Crippen LogP contribution is -2.65. The molecule has 1 aromatic rings. The zero-order valence-electron chi connectivity index (χ0n) is 18.4. The molecule has 1 aromatic carbocycles. The molecule has 0 radical (unpaired) electrons. The quantitative estimate of drug-likeness (QED) is 0.470. The van der Waals surface area contributed by atoms with Gasteiger partial charge >= 0.3 is 0 Å². The molecule has 4 heteroatoms. The maximum Gasteiger partial charge on any atom is 0.187 e. The number of benzene rings is 1. The SMILES string of the molecule is COC12CCC(CC1)CC2(C/C=C(\C)CCC=C(C)C)S(=O)(=O)c1ccccc1. The van der Waals surface area contributed by atoms with Gasteiger partial charge in [-0.1, -0.05) is 41.5 Å². The maximum atomic E-state index is 14.1. The van der Waals surface area contributed by atoms with E-state index in [1.807, 2.05) is 18.2 Å². The van der Waals surface area contributed by atoms with Crippen molar-refractivity contribution in [2.75, 3.05) is 7.11 Å². The molecule has 1 unspecified atom stereocenters. The van der Waals surface area contributed by atoms with Gasteiger partial charge in [0, 0.05) is 7.11 Å². The van der Waals surface area contributed by atoms with E-state index in [9.17, 15) is 8.42 Å². The van der Waals surface area contributed by atoms with Crippen LogP contribution in [-0.4, -0.2) is 25.9 Å². The molecule has 160 valence electrons. The van der Waals surface area contributed by atoms with E-state index in [-0.39, 0.29) is 0 Å². The van der Waals surface area contributed by atoms with E-state index in [2.05, 4.69) is 32.9 Å². The predicted molar refractivity (Wildman–Crippen MR) is 120 cm³/mol. The normalized spacial score (nSPS) is 29.7. The number of allylic oxidation sites excluding steroid dienone is 4. The van der Waals surface area contributed by atoms with Crippen LogP contribution in [0, 0.1) is 5.92 Å². The summed E-state index contributed by atoms with van der Waals surface area (Å²) in [5, 5.41) is 0. The van der Waals surface area contributed by atoms with Gasteiger partial charge in [0.15, 0.2) is 9.84 Å². The van der Waals surface area contributed by atoms with Gasteiger partial charge in [-0.3, -0.25) is 0 Å². The molecule has 1 atom stereocenters. The van der Waals surface area contributed by atoms with E-state index < -0.39 is 20.2 Å². The Balaban J connectivity index is 2.01. The highest BCUT2D eigenvalue weighted by Gasteiger charge is 2.64. The highest BCUT2D eigenvalue weighted by Crippen LogP contribution is 2.58. The van der Waals surface area contributed by atoms with Crippen LogP contribution in [0.15, 0.2) is 58.5 Å². The first-order chi connectivity index (χ1) is 13.8. The highest BCUT2D eigenvalue weighted by molar-refractivity contribution is 7.93. The van der Waals surface area contributed by atoms with Gasteiger partial charge in [0.05, 0.1) is 10.5 Å². The van der Waals surface area contributed by atoms with Gasteiger partial charge in [0.25, 0.3) is 0 Å².